The van der Waals surface area contributed by atoms with Gasteiger partial charge in [-0.3, -0.25) is 4.57 Å². The fraction of sp³-hybridized carbons (Fsp3) is 0.0769. The first-order valence-electron chi connectivity index (χ1n) is 5.38. The molecule has 2 rings (SSSR count). The molecule has 0 aromatic heterocycles. The monoisotopic (exact) mass is 264 g/mol. The Morgan fingerprint density at radius 2 is 1.56 bits per heavy atom. The SMILES string of the molecule is O=P(O)(O)COc1ccccc1-c1ccccc1. The standard InChI is InChI=1S/C13H13O4P/c14-18(15,16)10-17-13-9-5-4-8-12(13)11-6-2-1-3-7-11/h1-9H,10H2,(H2,14,15,16). The van der Waals surface area contributed by atoms with Crippen molar-refractivity contribution in [3.05, 3.63) is 54.6 Å². The lowest BCUT2D eigenvalue weighted by Gasteiger charge is -2.12. The van der Waals surface area contributed by atoms with Gasteiger partial charge in [0.2, 0.25) is 0 Å². The van der Waals surface area contributed by atoms with Crippen LogP contribution < -0.4 is 4.74 Å². The van der Waals surface area contributed by atoms with E-state index in [1.54, 1.807) is 12.1 Å². The minimum absolute atomic E-state index is 0.465. The summed E-state index contributed by atoms with van der Waals surface area (Å²) < 4.78 is 16.0. The van der Waals surface area contributed by atoms with Crippen LogP contribution in [0.2, 0.25) is 0 Å². The van der Waals surface area contributed by atoms with Crippen LogP contribution in [0.15, 0.2) is 54.6 Å². The second kappa shape index (κ2) is 5.36. The van der Waals surface area contributed by atoms with Gasteiger partial charge in [-0.15, -0.1) is 0 Å². The Balaban J connectivity index is 2.29. The summed E-state index contributed by atoms with van der Waals surface area (Å²) in [4.78, 5) is 17.7. The molecule has 2 N–H and O–H groups in total. The molecule has 0 bridgehead atoms. The van der Waals surface area contributed by atoms with Gasteiger partial charge in [0.25, 0.3) is 0 Å². The second-order valence-corrected chi connectivity index (χ2v) is 5.39. The Hall–Kier alpha value is -1.61. The molecule has 0 atom stereocenters. The molecule has 94 valence electrons. The molecule has 2 aromatic carbocycles. The zero-order valence-electron chi connectivity index (χ0n) is 9.56. The maximum absolute atomic E-state index is 10.8. The molecule has 0 radical (unpaired) electrons. The maximum atomic E-state index is 10.8. The first kappa shape index (κ1) is 12.8. The molecule has 0 aliphatic heterocycles. The molecule has 0 saturated heterocycles. The Morgan fingerprint density at radius 3 is 2.22 bits per heavy atom. The Bertz CT molecular complexity index is 562. The van der Waals surface area contributed by atoms with E-state index in [0.29, 0.717) is 5.75 Å². The molecule has 0 spiro atoms. The predicted octanol–water partition coefficient (Wildman–Crippen LogP) is 2.87. The van der Waals surface area contributed by atoms with Crippen molar-refractivity contribution in [2.45, 2.75) is 0 Å². The van der Waals surface area contributed by atoms with Crippen LogP contribution >= 0.6 is 7.60 Å². The van der Waals surface area contributed by atoms with Gasteiger partial charge >= 0.3 is 7.60 Å². The van der Waals surface area contributed by atoms with Crippen molar-refractivity contribution >= 4 is 7.60 Å². The molecule has 5 heteroatoms. The van der Waals surface area contributed by atoms with Crippen molar-refractivity contribution in [1.82, 2.24) is 0 Å². The third kappa shape index (κ3) is 3.44. The molecule has 0 fully saturated rings. The summed E-state index contributed by atoms with van der Waals surface area (Å²) in [5, 5.41) is 0. The van der Waals surface area contributed by atoms with Gasteiger partial charge in [0.1, 0.15) is 5.75 Å². The number of ether oxygens (including phenoxy) is 1. The lowest BCUT2D eigenvalue weighted by Crippen LogP contribution is -1.99. The molecular weight excluding hydrogens is 251 g/mol. The van der Waals surface area contributed by atoms with Crippen molar-refractivity contribution in [3.8, 4) is 16.9 Å². The fourth-order valence-electron chi connectivity index (χ4n) is 1.60. The van der Waals surface area contributed by atoms with E-state index in [1.165, 1.54) is 0 Å². The second-order valence-electron chi connectivity index (χ2n) is 3.80. The van der Waals surface area contributed by atoms with Gasteiger partial charge in [-0.2, -0.15) is 0 Å². The number of benzene rings is 2. The first-order chi connectivity index (χ1) is 8.56. The van der Waals surface area contributed by atoms with Gasteiger partial charge < -0.3 is 14.5 Å². The summed E-state index contributed by atoms with van der Waals surface area (Å²) in [5.74, 6) is 0.465. The number of rotatable bonds is 4. The van der Waals surface area contributed by atoms with Crippen molar-refractivity contribution in [2.24, 2.45) is 0 Å². The predicted molar refractivity (Wildman–Crippen MR) is 69.4 cm³/mol. The van der Waals surface area contributed by atoms with Crippen molar-refractivity contribution in [3.63, 3.8) is 0 Å². The molecule has 0 aliphatic carbocycles. The van der Waals surface area contributed by atoms with Crippen molar-refractivity contribution in [1.29, 1.82) is 0 Å². The lowest BCUT2D eigenvalue weighted by atomic mass is 10.1. The molecule has 4 nitrogen and oxygen atoms in total. The van der Waals surface area contributed by atoms with Crippen molar-refractivity contribution < 1.29 is 19.1 Å². The van der Waals surface area contributed by atoms with Crippen LogP contribution in [0.1, 0.15) is 0 Å². The third-order valence-corrected chi connectivity index (χ3v) is 2.83. The molecule has 0 aliphatic rings. The topological polar surface area (TPSA) is 66.8 Å². The average Bonchev–Trinajstić information content (AvgIpc) is 2.37. The van der Waals surface area contributed by atoms with E-state index >= 15 is 0 Å². The summed E-state index contributed by atoms with van der Waals surface area (Å²) in [6, 6.07) is 16.7. The molecule has 2 aromatic rings. The smallest absolute Gasteiger partial charge is 0.362 e. The van der Waals surface area contributed by atoms with Crippen LogP contribution in [0.5, 0.6) is 5.75 Å². The van der Waals surface area contributed by atoms with Gasteiger partial charge in [-0.05, 0) is 11.6 Å². The van der Waals surface area contributed by atoms with Crippen LogP contribution in [0.3, 0.4) is 0 Å². The van der Waals surface area contributed by atoms with E-state index in [1.807, 2.05) is 42.5 Å². The highest BCUT2D eigenvalue weighted by molar-refractivity contribution is 7.51. The van der Waals surface area contributed by atoms with Gasteiger partial charge in [-0.25, -0.2) is 0 Å². The number of hydrogen-bond donors (Lipinski definition) is 2. The molecule has 0 heterocycles. The highest BCUT2D eigenvalue weighted by atomic mass is 31.2. The lowest BCUT2D eigenvalue weighted by molar-refractivity contribution is 0.301. The Morgan fingerprint density at radius 1 is 0.944 bits per heavy atom. The minimum Gasteiger partial charge on any atom is -0.480 e. The van der Waals surface area contributed by atoms with E-state index in [-0.39, 0.29) is 0 Å². The number of hydrogen-bond acceptors (Lipinski definition) is 2. The van der Waals surface area contributed by atoms with E-state index in [2.05, 4.69) is 0 Å². The zero-order chi connectivity index (χ0) is 13.0. The van der Waals surface area contributed by atoms with E-state index in [0.717, 1.165) is 11.1 Å². The maximum Gasteiger partial charge on any atom is 0.362 e. The minimum atomic E-state index is -4.16. The van der Waals surface area contributed by atoms with Crippen LogP contribution in [-0.2, 0) is 4.57 Å². The molecule has 18 heavy (non-hydrogen) atoms. The fourth-order valence-corrected chi connectivity index (χ4v) is 1.91. The third-order valence-electron chi connectivity index (χ3n) is 2.36. The summed E-state index contributed by atoms with van der Waals surface area (Å²) in [5.41, 5.74) is 1.75. The van der Waals surface area contributed by atoms with Crippen molar-refractivity contribution in [2.75, 3.05) is 6.35 Å². The van der Waals surface area contributed by atoms with Gasteiger partial charge in [0, 0.05) is 5.56 Å². The zero-order valence-corrected chi connectivity index (χ0v) is 10.5. The number of para-hydroxylation sites is 1. The van der Waals surface area contributed by atoms with Crippen LogP contribution in [-0.4, -0.2) is 16.1 Å². The first-order valence-corrected chi connectivity index (χ1v) is 7.18. The van der Waals surface area contributed by atoms with E-state index in [9.17, 15) is 4.57 Å². The molecular formula is C13H13O4P. The van der Waals surface area contributed by atoms with Gasteiger partial charge in [-0.1, -0.05) is 48.5 Å². The van der Waals surface area contributed by atoms with E-state index < -0.39 is 13.9 Å². The highest BCUT2D eigenvalue weighted by Crippen LogP contribution is 2.37. The van der Waals surface area contributed by atoms with Gasteiger partial charge in [0.05, 0.1) is 0 Å². The molecule has 0 saturated carbocycles. The molecule has 0 amide bonds. The average molecular weight is 264 g/mol. The summed E-state index contributed by atoms with van der Waals surface area (Å²) >= 11 is 0. The van der Waals surface area contributed by atoms with Crippen LogP contribution in [0, 0.1) is 0 Å². The summed E-state index contributed by atoms with van der Waals surface area (Å²) in [7, 11) is -4.16. The Kier molecular flexibility index (Phi) is 3.82. The summed E-state index contributed by atoms with van der Waals surface area (Å²) in [6.07, 6.45) is -0.614. The highest BCUT2D eigenvalue weighted by Gasteiger charge is 2.15. The van der Waals surface area contributed by atoms with Crippen LogP contribution in [0.4, 0.5) is 0 Å². The Labute approximate surface area is 105 Å². The summed E-state index contributed by atoms with van der Waals surface area (Å²) in [6.45, 7) is 0. The van der Waals surface area contributed by atoms with Gasteiger partial charge in [0.15, 0.2) is 6.35 Å². The van der Waals surface area contributed by atoms with E-state index in [4.69, 9.17) is 14.5 Å². The normalized spacial score (nSPS) is 11.2. The molecule has 0 unspecified atom stereocenters. The van der Waals surface area contributed by atoms with Crippen LogP contribution in [0.25, 0.3) is 11.1 Å². The largest absolute Gasteiger partial charge is 0.480 e. The quantitative estimate of drug-likeness (QED) is 0.833.